The second kappa shape index (κ2) is 5.74. The summed E-state index contributed by atoms with van der Waals surface area (Å²) in [6.07, 6.45) is 0. The van der Waals surface area contributed by atoms with E-state index in [4.69, 9.17) is 16.9 Å². The summed E-state index contributed by atoms with van der Waals surface area (Å²) in [4.78, 5) is 0. The summed E-state index contributed by atoms with van der Waals surface area (Å²) in [5.74, 6) is 0.319. The lowest BCUT2D eigenvalue weighted by Gasteiger charge is -2.21. The Morgan fingerprint density at radius 2 is 2.19 bits per heavy atom. The summed E-state index contributed by atoms with van der Waals surface area (Å²) in [5, 5.41) is 21.5. The van der Waals surface area contributed by atoms with Crippen molar-refractivity contribution in [3.63, 3.8) is 0 Å². The zero-order valence-electron chi connectivity index (χ0n) is 9.37. The number of hydrogen-bond acceptors (Lipinski definition) is 3. The van der Waals surface area contributed by atoms with E-state index >= 15 is 0 Å². The van der Waals surface area contributed by atoms with Crippen molar-refractivity contribution >= 4 is 17.3 Å². The van der Waals surface area contributed by atoms with Crippen molar-refractivity contribution in [1.82, 2.24) is 0 Å². The number of hydrogen-bond donors (Lipinski definition) is 2. The maximum Gasteiger partial charge on any atom is 0.101 e. The van der Waals surface area contributed by atoms with E-state index in [0.29, 0.717) is 16.5 Å². The van der Waals surface area contributed by atoms with Crippen LogP contribution in [0.5, 0.6) is 0 Å². The van der Waals surface area contributed by atoms with Crippen LogP contribution in [0.1, 0.15) is 19.4 Å². The number of benzene rings is 1. The number of halogens is 1. The molecule has 1 unspecified atom stereocenters. The molecular formula is C12H15ClN2O. The highest BCUT2D eigenvalue weighted by Crippen LogP contribution is 2.21. The number of nitriles is 1. The molecule has 4 heteroatoms. The van der Waals surface area contributed by atoms with E-state index in [1.165, 1.54) is 0 Å². The number of nitrogens with zero attached hydrogens (tertiary/aromatic N) is 1. The van der Waals surface area contributed by atoms with Crippen LogP contribution in [0.25, 0.3) is 0 Å². The van der Waals surface area contributed by atoms with Crippen LogP contribution < -0.4 is 5.32 Å². The minimum Gasteiger partial charge on any atom is -0.394 e. The first kappa shape index (κ1) is 12.8. The summed E-state index contributed by atoms with van der Waals surface area (Å²) in [6.45, 7) is 4.12. The Balaban J connectivity index is 2.83. The fourth-order valence-corrected chi connectivity index (χ4v) is 1.56. The summed E-state index contributed by atoms with van der Waals surface area (Å²) >= 11 is 5.91. The third kappa shape index (κ3) is 3.13. The van der Waals surface area contributed by atoms with Gasteiger partial charge in [-0.25, -0.2) is 0 Å². The predicted molar refractivity (Wildman–Crippen MR) is 65.5 cm³/mol. The van der Waals surface area contributed by atoms with Gasteiger partial charge in [0.05, 0.1) is 23.2 Å². The molecule has 86 valence electrons. The molecule has 0 fully saturated rings. The largest absolute Gasteiger partial charge is 0.394 e. The van der Waals surface area contributed by atoms with E-state index in [2.05, 4.69) is 5.32 Å². The van der Waals surface area contributed by atoms with Gasteiger partial charge < -0.3 is 10.4 Å². The van der Waals surface area contributed by atoms with Crippen molar-refractivity contribution in [3.8, 4) is 6.07 Å². The molecule has 0 bridgehead atoms. The van der Waals surface area contributed by atoms with E-state index in [1.807, 2.05) is 19.9 Å². The van der Waals surface area contributed by atoms with Crippen molar-refractivity contribution in [3.05, 3.63) is 28.8 Å². The first-order chi connectivity index (χ1) is 7.58. The van der Waals surface area contributed by atoms with E-state index in [1.54, 1.807) is 18.2 Å². The highest BCUT2D eigenvalue weighted by atomic mass is 35.5. The van der Waals surface area contributed by atoms with Gasteiger partial charge >= 0.3 is 0 Å². The van der Waals surface area contributed by atoms with Crippen LogP contribution >= 0.6 is 11.6 Å². The molecular weight excluding hydrogens is 224 g/mol. The van der Waals surface area contributed by atoms with Gasteiger partial charge in [0.25, 0.3) is 0 Å². The average Bonchev–Trinajstić information content (AvgIpc) is 2.25. The second-order valence-electron chi connectivity index (χ2n) is 3.98. The molecule has 0 heterocycles. The molecule has 0 aliphatic carbocycles. The number of aliphatic hydroxyl groups is 1. The van der Waals surface area contributed by atoms with Gasteiger partial charge in [0.1, 0.15) is 6.07 Å². The molecule has 1 aromatic carbocycles. The van der Waals surface area contributed by atoms with Gasteiger partial charge in [-0.2, -0.15) is 5.26 Å². The maximum absolute atomic E-state index is 9.18. The normalized spacial score (nSPS) is 12.2. The van der Waals surface area contributed by atoms with E-state index in [-0.39, 0.29) is 12.6 Å². The summed E-state index contributed by atoms with van der Waals surface area (Å²) in [6, 6.07) is 7.15. The summed E-state index contributed by atoms with van der Waals surface area (Å²) < 4.78 is 0. The van der Waals surface area contributed by atoms with E-state index in [0.717, 1.165) is 5.69 Å². The lowest BCUT2D eigenvalue weighted by atomic mass is 10.0. The quantitative estimate of drug-likeness (QED) is 0.848. The fraction of sp³-hybridized carbons (Fsp3) is 0.417. The van der Waals surface area contributed by atoms with Crippen molar-refractivity contribution in [2.24, 2.45) is 5.92 Å². The molecule has 0 spiro atoms. The van der Waals surface area contributed by atoms with Crippen LogP contribution in [0.2, 0.25) is 5.02 Å². The molecule has 0 radical (unpaired) electrons. The Kier molecular flexibility index (Phi) is 4.60. The van der Waals surface area contributed by atoms with Crippen LogP contribution in [0.3, 0.4) is 0 Å². The van der Waals surface area contributed by atoms with Gasteiger partial charge in [0.2, 0.25) is 0 Å². The number of aliphatic hydroxyl groups excluding tert-OH is 1. The minimum absolute atomic E-state index is 0.0102. The molecule has 0 amide bonds. The first-order valence-electron chi connectivity index (χ1n) is 5.15. The van der Waals surface area contributed by atoms with E-state index in [9.17, 15) is 5.11 Å². The zero-order valence-corrected chi connectivity index (χ0v) is 10.1. The Bertz CT molecular complexity index is 398. The van der Waals surface area contributed by atoms with E-state index < -0.39 is 0 Å². The Morgan fingerprint density at radius 1 is 1.50 bits per heavy atom. The predicted octanol–water partition coefficient (Wildman–Crippen LogP) is 2.64. The lowest BCUT2D eigenvalue weighted by molar-refractivity contribution is 0.249. The van der Waals surface area contributed by atoms with Crippen molar-refractivity contribution in [2.45, 2.75) is 19.9 Å². The Labute approximate surface area is 101 Å². The van der Waals surface area contributed by atoms with Crippen LogP contribution in [0, 0.1) is 17.2 Å². The lowest BCUT2D eigenvalue weighted by Crippen LogP contribution is -2.29. The molecule has 1 rings (SSSR count). The molecule has 2 N–H and O–H groups in total. The first-order valence-corrected chi connectivity index (χ1v) is 5.53. The fourth-order valence-electron chi connectivity index (χ4n) is 1.33. The molecule has 3 nitrogen and oxygen atoms in total. The van der Waals surface area contributed by atoms with Gasteiger partial charge in [0, 0.05) is 5.69 Å². The minimum atomic E-state index is -0.0102. The van der Waals surface area contributed by atoms with Gasteiger partial charge in [-0.15, -0.1) is 0 Å². The molecule has 0 aromatic heterocycles. The van der Waals surface area contributed by atoms with Crippen LogP contribution in [-0.4, -0.2) is 17.8 Å². The standard InChI is InChI=1S/C12H15ClN2O/c1-8(2)12(7-16)15-10-4-3-9(6-14)11(13)5-10/h3-5,8,12,15-16H,7H2,1-2H3. The summed E-state index contributed by atoms with van der Waals surface area (Å²) in [5.41, 5.74) is 1.27. The summed E-state index contributed by atoms with van der Waals surface area (Å²) in [7, 11) is 0. The highest BCUT2D eigenvalue weighted by Gasteiger charge is 2.12. The van der Waals surface area contributed by atoms with Crippen molar-refractivity contribution < 1.29 is 5.11 Å². The van der Waals surface area contributed by atoms with Crippen LogP contribution in [-0.2, 0) is 0 Å². The third-order valence-electron chi connectivity index (χ3n) is 2.44. The van der Waals surface area contributed by atoms with Crippen LogP contribution in [0.4, 0.5) is 5.69 Å². The van der Waals surface area contributed by atoms with Gasteiger partial charge in [-0.05, 0) is 24.1 Å². The Morgan fingerprint density at radius 3 is 2.62 bits per heavy atom. The van der Waals surface area contributed by atoms with Gasteiger partial charge in [-0.3, -0.25) is 0 Å². The molecule has 16 heavy (non-hydrogen) atoms. The smallest absolute Gasteiger partial charge is 0.101 e. The maximum atomic E-state index is 9.18. The van der Waals surface area contributed by atoms with Crippen molar-refractivity contribution in [2.75, 3.05) is 11.9 Å². The van der Waals surface area contributed by atoms with Crippen LogP contribution in [0.15, 0.2) is 18.2 Å². The van der Waals surface area contributed by atoms with Gasteiger partial charge in [-0.1, -0.05) is 25.4 Å². The number of nitrogens with one attached hydrogen (secondary N) is 1. The second-order valence-corrected chi connectivity index (χ2v) is 4.39. The molecule has 0 aliphatic rings. The zero-order chi connectivity index (χ0) is 12.1. The topological polar surface area (TPSA) is 56.0 Å². The molecule has 0 saturated carbocycles. The number of rotatable bonds is 4. The number of anilines is 1. The monoisotopic (exact) mass is 238 g/mol. The van der Waals surface area contributed by atoms with Crippen molar-refractivity contribution in [1.29, 1.82) is 5.26 Å². The van der Waals surface area contributed by atoms with Gasteiger partial charge in [0.15, 0.2) is 0 Å². The SMILES string of the molecule is CC(C)C(CO)Nc1ccc(C#N)c(Cl)c1. The molecule has 0 saturated heterocycles. The Hall–Kier alpha value is -1.24. The third-order valence-corrected chi connectivity index (χ3v) is 2.76. The molecule has 1 atom stereocenters. The molecule has 0 aliphatic heterocycles. The molecule has 1 aromatic rings. The average molecular weight is 239 g/mol. The highest BCUT2D eigenvalue weighted by molar-refractivity contribution is 6.32.